The third-order valence-electron chi connectivity index (χ3n) is 2.46. The number of hydrogen-bond donors (Lipinski definition) is 1. The maximum atomic E-state index is 11.6. The molecule has 98 valence electrons. The normalized spacial score (nSPS) is 10.3. The van der Waals surface area contributed by atoms with Crippen molar-refractivity contribution in [1.29, 1.82) is 0 Å². The molecule has 19 heavy (non-hydrogen) atoms. The second-order valence-electron chi connectivity index (χ2n) is 3.69. The first-order valence-electron chi connectivity index (χ1n) is 5.13. The fraction of sp³-hybridized carbons (Fsp3) is 0.0909. The van der Waals surface area contributed by atoms with Gasteiger partial charge in [0.2, 0.25) is 5.76 Å². The average molecular weight is 264 g/mol. The summed E-state index contributed by atoms with van der Waals surface area (Å²) in [6.45, 7) is -0.112. The predicted molar refractivity (Wildman–Crippen MR) is 62.1 cm³/mol. The standard InChI is InChI=1S/C11H8N2O6/c14-9-2-1-8(13(17)18)6-12(9)5-7-3-4-19-10(7)11(15)16/h1-4,6H,5H2,(H,15,16). The van der Waals surface area contributed by atoms with Crippen LogP contribution in [0.1, 0.15) is 16.1 Å². The number of nitrogens with zero attached hydrogens (tertiary/aromatic N) is 2. The number of pyridine rings is 1. The van der Waals surface area contributed by atoms with E-state index in [1.807, 2.05) is 0 Å². The highest BCUT2D eigenvalue weighted by atomic mass is 16.6. The number of aromatic carboxylic acids is 1. The second kappa shape index (κ2) is 4.77. The first-order valence-corrected chi connectivity index (χ1v) is 5.13. The number of nitro groups is 1. The molecule has 8 heteroatoms. The zero-order valence-corrected chi connectivity index (χ0v) is 9.48. The van der Waals surface area contributed by atoms with Gasteiger partial charge >= 0.3 is 5.97 Å². The number of furan rings is 1. The van der Waals surface area contributed by atoms with E-state index in [0.29, 0.717) is 0 Å². The van der Waals surface area contributed by atoms with E-state index in [1.54, 1.807) is 0 Å². The highest BCUT2D eigenvalue weighted by Gasteiger charge is 2.15. The van der Waals surface area contributed by atoms with E-state index in [4.69, 9.17) is 9.52 Å². The van der Waals surface area contributed by atoms with Crippen molar-refractivity contribution in [2.45, 2.75) is 6.54 Å². The molecule has 0 aliphatic carbocycles. The van der Waals surface area contributed by atoms with Crippen LogP contribution in [0.15, 0.2) is 39.9 Å². The van der Waals surface area contributed by atoms with Crippen molar-refractivity contribution in [3.05, 3.63) is 62.5 Å². The van der Waals surface area contributed by atoms with Gasteiger partial charge in [0.05, 0.1) is 23.9 Å². The third-order valence-corrected chi connectivity index (χ3v) is 2.46. The van der Waals surface area contributed by atoms with E-state index < -0.39 is 16.5 Å². The van der Waals surface area contributed by atoms with Crippen molar-refractivity contribution in [1.82, 2.24) is 4.57 Å². The Morgan fingerprint density at radius 3 is 2.79 bits per heavy atom. The molecule has 0 atom stereocenters. The van der Waals surface area contributed by atoms with Gasteiger partial charge in [0.1, 0.15) is 0 Å². The van der Waals surface area contributed by atoms with E-state index in [-0.39, 0.29) is 23.6 Å². The molecule has 2 aromatic heterocycles. The van der Waals surface area contributed by atoms with Crippen LogP contribution in [0.5, 0.6) is 0 Å². The van der Waals surface area contributed by atoms with E-state index in [0.717, 1.165) is 22.9 Å². The molecule has 0 fully saturated rings. The average Bonchev–Trinajstić information content (AvgIpc) is 2.80. The SMILES string of the molecule is O=C(O)c1occc1Cn1cc([N+](=O)[O-])ccc1=O. The van der Waals surface area contributed by atoms with Crippen molar-refractivity contribution in [2.75, 3.05) is 0 Å². The Hall–Kier alpha value is -2.90. The van der Waals surface area contributed by atoms with Gasteiger partial charge in [-0.2, -0.15) is 0 Å². The zero-order valence-electron chi connectivity index (χ0n) is 9.48. The van der Waals surface area contributed by atoms with Gasteiger partial charge in [0.25, 0.3) is 11.2 Å². The molecule has 0 spiro atoms. The quantitative estimate of drug-likeness (QED) is 0.652. The minimum Gasteiger partial charge on any atom is -0.475 e. The van der Waals surface area contributed by atoms with E-state index >= 15 is 0 Å². The van der Waals surface area contributed by atoms with Gasteiger partial charge in [-0.1, -0.05) is 0 Å². The van der Waals surface area contributed by atoms with Crippen LogP contribution >= 0.6 is 0 Å². The number of aromatic nitrogens is 1. The van der Waals surface area contributed by atoms with Crippen molar-refractivity contribution in [2.24, 2.45) is 0 Å². The van der Waals surface area contributed by atoms with Crippen molar-refractivity contribution in [3.63, 3.8) is 0 Å². The Balaban J connectivity index is 2.40. The molecule has 0 unspecified atom stereocenters. The fourth-order valence-corrected chi connectivity index (χ4v) is 1.58. The smallest absolute Gasteiger partial charge is 0.372 e. The van der Waals surface area contributed by atoms with Gasteiger partial charge in [-0.3, -0.25) is 14.9 Å². The highest BCUT2D eigenvalue weighted by molar-refractivity contribution is 5.86. The lowest BCUT2D eigenvalue weighted by Crippen LogP contribution is -2.20. The molecular weight excluding hydrogens is 256 g/mol. The molecule has 0 aromatic carbocycles. The zero-order chi connectivity index (χ0) is 14.0. The summed E-state index contributed by atoms with van der Waals surface area (Å²) in [5.74, 6) is -1.56. The molecule has 0 bridgehead atoms. The van der Waals surface area contributed by atoms with Crippen LogP contribution in [0.2, 0.25) is 0 Å². The fourth-order valence-electron chi connectivity index (χ4n) is 1.58. The predicted octanol–water partition coefficient (Wildman–Crippen LogP) is 1.10. The van der Waals surface area contributed by atoms with Gasteiger partial charge in [-0.05, 0) is 6.07 Å². The molecule has 0 aliphatic rings. The summed E-state index contributed by atoms with van der Waals surface area (Å²) in [5.41, 5.74) is -0.460. The van der Waals surface area contributed by atoms with Crippen molar-refractivity contribution >= 4 is 11.7 Å². The summed E-state index contributed by atoms with van der Waals surface area (Å²) in [6.07, 6.45) is 2.24. The molecule has 0 saturated heterocycles. The molecule has 0 amide bonds. The Kier molecular flexibility index (Phi) is 3.15. The van der Waals surface area contributed by atoms with Crippen LogP contribution in [0.25, 0.3) is 0 Å². The Labute approximate surface area is 105 Å². The van der Waals surface area contributed by atoms with Gasteiger partial charge in [0, 0.05) is 17.7 Å². The largest absolute Gasteiger partial charge is 0.475 e. The van der Waals surface area contributed by atoms with Gasteiger partial charge < -0.3 is 14.1 Å². The summed E-state index contributed by atoms with van der Waals surface area (Å²) in [5, 5.41) is 19.5. The van der Waals surface area contributed by atoms with Crippen LogP contribution < -0.4 is 5.56 Å². The van der Waals surface area contributed by atoms with E-state index in [9.17, 15) is 19.7 Å². The van der Waals surface area contributed by atoms with Crippen molar-refractivity contribution in [3.8, 4) is 0 Å². The third kappa shape index (κ3) is 2.51. The summed E-state index contributed by atoms with van der Waals surface area (Å²) in [4.78, 5) is 32.4. The lowest BCUT2D eigenvalue weighted by atomic mass is 10.2. The molecule has 1 N–H and O–H groups in total. The van der Waals surface area contributed by atoms with Gasteiger partial charge in [-0.15, -0.1) is 0 Å². The van der Waals surface area contributed by atoms with Crippen LogP contribution in [-0.2, 0) is 6.54 Å². The first-order chi connectivity index (χ1) is 8.99. The van der Waals surface area contributed by atoms with Crippen LogP contribution in [0.3, 0.4) is 0 Å². The maximum Gasteiger partial charge on any atom is 0.372 e. The maximum absolute atomic E-state index is 11.6. The summed E-state index contributed by atoms with van der Waals surface area (Å²) < 4.78 is 5.82. The molecule has 2 rings (SSSR count). The van der Waals surface area contributed by atoms with Gasteiger partial charge in [-0.25, -0.2) is 4.79 Å². The number of hydrogen-bond acceptors (Lipinski definition) is 5. The minimum absolute atomic E-state index is 0.112. The Morgan fingerprint density at radius 1 is 1.42 bits per heavy atom. The second-order valence-corrected chi connectivity index (χ2v) is 3.69. The molecule has 8 nitrogen and oxygen atoms in total. The molecule has 0 saturated carbocycles. The van der Waals surface area contributed by atoms with Gasteiger partial charge in [0.15, 0.2) is 0 Å². The summed E-state index contributed by atoms with van der Waals surface area (Å²) >= 11 is 0. The number of carbonyl (C=O) groups is 1. The number of rotatable bonds is 4. The molecule has 2 heterocycles. The van der Waals surface area contributed by atoms with E-state index in [2.05, 4.69) is 0 Å². The molecular formula is C11H8N2O6. The first kappa shape index (κ1) is 12.6. The minimum atomic E-state index is -1.27. The van der Waals surface area contributed by atoms with Crippen molar-refractivity contribution < 1.29 is 19.2 Å². The molecule has 0 aliphatic heterocycles. The van der Waals surface area contributed by atoms with E-state index in [1.165, 1.54) is 12.3 Å². The Morgan fingerprint density at radius 2 is 2.16 bits per heavy atom. The summed E-state index contributed by atoms with van der Waals surface area (Å²) in [7, 11) is 0. The monoisotopic (exact) mass is 264 g/mol. The Bertz CT molecular complexity index is 699. The summed E-state index contributed by atoms with van der Waals surface area (Å²) in [6, 6.07) is 3.54. The number of carboxylic acid groups (broad SMARTS) is 1. The van der Waals surface area contributed by atoms with Crippen LogP contribution in [0, 0.1) is 10.1 Å². The topological polar surface area (TPSA) is 116 Å². The number of carboxylic acids is 1. The molecule has 0 radical (unpaired) electrons. The van der Waals surface area contributed by atoms with Crippen LogP contribution in [0.4, 0.5) is 5.69 Å². The lowest BCUT2D eigenvalue weighted by Gasteiger charge is -2.03. The highest BCUT2D eigenvalue weighted by Crippen LogP contribution is 2.13. The lowest BCUT2D eigenvalue weighted by molar-refractivity contribution is -0.385. The van der Waals surface area contributed by atoms with Crippen LogP contribution in [-0.4, -0.2) is 20.6 Å². The molecule has 2 aromatic rings.